The van der Waals surface area contributed by atoms with Crippen molar-refractivity contribution in [2.75, 3.05) is 0 Å². The molecule has 3 nitrogen and oxygen atoms in total. The molecule has 0 atom stereocenters. The van der Waals surface area contributed by atoms with Gasteiger partial charge >= 0.3 is 0 Å². The molecule has 80 valence electrons. The summed E-state index contributed by atoms with van der Waals surface area (Å²) in [5, 5.41) is 0. The highest BCUT2D eigenvalue weighted by atomic mass is 32.2. The van der Waals surface area contributed by atoms with E-state index in [1.165, 1.54) is 12.1 Å². The number of rotatable bonds is 2. The van der Waals surface area contributed by atoms with Gasteiger partial charge in [-0.2, -0.15) is 0 Å². The number of nitrogens with one attached hydrogen (secondary N) is 1. The van der Waals surface area contributed by atoms with Crippen molar-refractivity contribution in [2.45, 2.75) is 31.2 Å². The third-order valence-corrected chi connectivity index (χ3v) is 3.36. The van der Waals surface area contributed by atoms with Crippen molar-refractivity contribution < 1.29 is 8.42 Å². The van der Waals surface area contributed by atoms with Gasteiger partial charge in [0.15, 0.2) is 0 Å². The molecule has 0 aliphatic heterocycles. The molecule has 5 heteroatoms. The standard InChI is InChI=1S/C10H14BNO2S/c1-10(2,3)12-15(13,14)9-6-4-5-8(11)7-9/h4-7,12H,1-3H3. The second kappa shape index (κ2) is 3.98. The summed E-state index contributed by atoms with van der Waals surface area (Å²) in [6, 6.07) is 6.22. The minimum absolute atomic E-state index is 0.192. The van der Waals surface area contributed by atoms with E-state index >= 15 is 0 Å². The second-order valence-electron chi connectivity index (χ2n) is 4.43. The van der Waals surface area contributed by atoms with Crippen LogP contribution in [0.3, 0.4) is 0 Å². The normalized spacial score (nSPS) is 12.7. The lowest BCUT2D eigenvalue weighted by molar-refractivity contribution is 0.491. The van der Waals surface area contributed by atoms with Crippen molar-refractivity contribution in [1.29, 1.82) is 0 Å². The molecule has 0 spiro atoms. The smallest absolute Gasteiger partial charge is 0.207 e. The lowest BCUT2D eigenvalue weighted by atomic mass is 9.97. The van der Waals surface area contributed by atoms with Crippen LogP contribution in [0.4, 0.5) is 0 Å². The molecular formula is C10H14BNO2S. The highest BCUT2D eigenvalue weighted by Crippen LogP contribution is 2.10. The number of hydrogen-bond donors (Lipinski definition) is 1. The zero-order valence-corrected chi connectivity index (χ0v) is 9.93. The Morgan fingerprint density at radius 3 is 2.33 bits per heavy atom. The molecule has 0 aliphatic rings. The summed E-state index contributed by atoms with van der Waals surface area (Å²) < 4.78 is 26.2. The first kappa shape index (κ1) is 12.3. The van der Waals surface area contributed by atoms with E-state index in [1.807, 2.05) is 0 Å². The van der Waals surface area contributed by atoms with Crippen LogP contribution in [0.2, 0.25) is 0 Å². The molecular weight excluding hydrogens is 209 g/mol. The fourth-order valence-corrected chi connectivity index (χ4v) is 2.62. The van der Waals surface area contributed by atoms with Crippen LogP contribution in [0.25, 0.3) is 0 Å². The third-order valence-electron chi connectivity index (χ3n) is 1.61. The molecule has 0 heterocycles. The first-order valence-corrected chi connectivity index (χ1v) is 6.08. The molecule has 0 saturated carbocycles. The summed E-state index contributed by atoms with van der Waals surface area (Å²) in [7, 11) is 2.06. The fourth-order valence-electron chi connectivity index (χ4n) is 1.14. The van der Waals surface area contributed by atoms with Crippen molar-refractivity contribution in [2.24, 2.45) is 0 Å². The molecule has 15 heavy (non-hydrogen) atoms. The highest BCUT2D eigenvalue weighted by molar-refractivity contribution is 7.89. The van der Waals surface area contributed by atoms with E-state index in [0.29, 0.717) is 5.46 Å². The minimum Gasteiger partial charge on any atom is -0.207 e. The summed E-state index contributed by atoms with van der Waals surface area (Å²) in [5.74, 6) is 0. The van der Waals surface area contributed by atoms with Gasteiger partial charge in [-0.3, -0.25) is 0 Å². The summed E-state index contributed by atoms with van der Waals surface area (Å²) in [5.41, 5.74) is -0.0598. The predicted molar refractivity (Wildman–Crippen MR) is 61.9 cm³/mol. The SMILES string of the molecule is [B]c1cccc(S(=O)(=O)NC(C)(C)C)c1. The summed E-state index contributed by atoms with van der Waals surface area (Å²) in [4.78, 5) is 0.192. The van der Waals surface area contributed by atoms with Crippen LogP contribution < -0.4 is 10.2 Å². The number of sulfonamides is 1. The predicted octanol–water partition coefficient (Wildman–Crippen LogP) is 0.557. The number of hydrogen-bond acceptors (Lipinski definition) is 2. The maximum atomic E-state index is 11.8. The maximum absolute atomic E-state index is 11.8. The van der Waals surface area contributed by atoms with E-state index in [-0.39, 0.29) is 4.90 Å². The Morgan fingerprint density at radius 1 is 1.27 bits per heavy atom. The largest absolute Gasteiger partial charge is 0.241 e. The Hall–Kier alpha value is -0.805. The lowest BCUT2D eigenvalue weighted by Gasteiger charge is -2.20. The van der Waals surface area contributed by atoms with Gasteiger partial charge < -0.3 is 0 Å². The lowest BCUT2D eigenvalue weighted by Crippen LogP contribution is -2.40. The molecule has 1 aromatic rings. The molecule has 0 aliphatic carbocycles. The Labute approximate surface area is 92.4 Å². The maximum Gasteiger partial charge on any atom is 0.241 e. The Morgan fingerprint density at radius 2 is 1.87 bits per heavy atom. The molecule has 0 bridgehead atoms. The average molecular weight is 223 g/mol. The first-order chi connectivity index (χ1) is 6.71. The van der Waals surface area contributed by atoms with Crippen molar-refractivity contribution in [3.8, 4) is 0 Å². The average Bonchev–Trinajstić information content (AvgIpc) is 1.99. The fraction of sp³-hybridized carbons (Fsp3) is 0.400. The molecule has 0 amide bonds. The van der Waals surface area contributed by atoms with Crippen molar-refractivity contribution in [3.63, 3.8) is 0 Å². The van der Waals surface area contributed by atoms with Gasteiger partial charge in [-0.15, -0.1) is 0 Å². The topological polar surface area (TPSA) is 46.2 Å². The molecule has 1 aromatic carbocycles. The molecule has 0 fully saturated rings. The van der Waals surface area contributed by atoms with E-state index in [4.69, 9.17) is 7.85 Å². The van der Waals surface area contributed by atoms with E-state index < -0.39 is 15.6 Å². The first-order valence-electron chi connectivity index (χ1n) is 4.60. The summed E-state index contributed by atoms with van der Waals surface area (Å²) in [6.07, 6.45) is 0. The van der Waals surface area contributed by atoms with Gasteiger partial charge in [0.25, 0.3) is 0 Å². The molecule has 1 N–H and O–H groups in total. The molecule has 2 radical (unpaired) electrons. The van der Waals surface area contributed by atoms with Crippen LogP contribution in [0, 0.1) is 0 Å². The van der Waals surface area contributed by atoms with E-state index in [0.717, 1.165) is 0 Å². The van der Waals surface area contributed by atoms with Crippen molar-refractivity contribution in [1.82, 2.24) is 4.72 Å². The van der Waals surface area contributed by atoms with Crippen molar-refractivity contribution >= 4 is 23.3 Å². The summed E-state index contributed by atoms with van der Waals surface area (Å²) >= 11 is 0. The van der Waals surface area contributed by atoms with E-state index in [9.17, 15) is 8.42 Å². The van der Waals surface area contributed by atoms with Crippen LogP contribution >= 0.6 is 0 Å². The van der Waals surface area contributed by atoms with Gasteiger partial charge in [-0.05, 0) is 32.9 Å². The number of benzene rings is 1. The minimum atomic E-state index is -3.47. The van der Waals surface area contributed by atoms with Crippen LogP contribution in [-0.4, -0.2) is 21.8 Å². The van der Waals surface area contributed by atoms with Crippen LogP contribution in [0.1, 0.15) is 20.8 Å². The zero-order chi connectivity index (χ0) is 11.7. The summed E-state index contributed by atoms with van der Waals surface area (Å²) in [6.45, 7) is 5.37. The van der Waals surface area contributed by atoms with E-state index in [1.54, 1.807) is 32.9 Å². The molecule has 0 saturated heterocycles. The third kappa shape index (κ3) is 3.68. The quantitative estimate of drug-likeness (QED) is 0.744. The molecule has 0 aromatic heterocycles. The second-order valence-corrected chi connectivity index (χ2v) is 6.11. The van der Waals surface area contributed by atoms with Crippen LogP contribution in [0.5, 0.6) is 0 Å². The van der Waals surface area contributed by atoms with Gasteiger partial charge in [-0.25, -0.2) is 13.1 Å². The Balaban J connectivity index is 3.07. The molecule has 1 rings (SSSR count). The van der Waals surface area contributed by atoms with Crippen LogP contribution in [-0.2, 0) is 10.0 Å². The van der Waals surface area contributed by atoms with Gasteiger partial charge in [0.1, 0.15) is 7.85 Å². The Bertz CT molecular complexity index is 449. The Kier molecular flexibility index (Phi) is 3.26. The van der Waals surface area contributed by atoms with E-state index in [2.05, 4.69) is 4.72 Å². The van der Waals surface area contributed by atoms with Gasteiger partial charge in [0, 0.05) is 5.54 Å². The van der Waals surface area contributed by atoms with Gasteiger partial charge in [-0.1, -0.05) is 17.6 Å². The zero-order valence-electron chi connectivity index (χ0n) is 9.11. The van der Waals surface area contributed by atoms with Gasteiger partial charge in [0.2, 0.25) is 10.0 Å². The monoisotopic (exact) mass is 223 g/mol. The van der Waals surface area contributed by atoms with Crippen molar-refractivity contribution in [3.05, 3.63) is 24.3 Å². The van der Waals surface area contributed by atoms with Gasteiger partial charge in [0.05, 0.1) is 4.90 Å². The van der Waals surface area contributed by atoms with Crippen LogP contribution in [0.15, 0.2) is 29.2 Å². The highest BCUT2D eigenvalue weighted by Gasteiger charge is 2.21. The molecule has 0 unspecified atom stereocenters.